The molecule has 2 heterocycles. The van der Waals surface area contributed by atoms with Gasteiger partial charge < -0.3 is 19.1 Å². The van der Waals surface area contributed by atoms with Gasteiger partial charge in [-0.15, -0.1) is 0 Å². The average Bonchev–Trinajstić information content (AvgIpc) is 3.19. The van der Waals surface area contributed by atoms with Gasteiger partial charge in [0.1, 0.15) is 0 Å². The summed E-state index contributed by atoms with van der Waals surface area (Å²) in [6.07, 6.45) is 1.80. The Bertz CT molecular complexity index is 1230. The maximum atomic E-state index is 13.1. The highest BCUT2D eigenvalue weighted by atomic mass is 79.9. The number of morpholine rings is 1. The van der Waals surface area contributed by atoms with Crippen molar-refractivity contribution in [2.45, 2.75) is 13.8 Å². The predicted octanol–water partition coefficient (Wildman–Crippen LogP) is 5.36. The van der Waals surface area contributed by atoms with Gasteiger partial charge in [0.2, 0.25) is 0 Å². The van der Waals surface area contributed by atoms with Gasteiger partial charge in [-0.25, -0.2) is 4.99 Å². The van der Waals surface area contributed by atoms with Crippen LogP contribution in [0.2, 0.25) is 5.02 Å². The first-order valence-electron chi connectivity index (χ1n) is 11.9. The van der Waals surface area contributed by atoms with Crippen LogP contribution in [0.15, 0.2) is 50.8 Å². The fraction of sp³-hybridized carbons (Fsp3) is 0.346. The number of thioether (sulfide) groups is 1. The number of hydrogen-bond donors (Lipinski definition) is 0. The number of hydrogen-bond acceptors (Lipinski definition) is 7. The summed E-state index contributed by atoms with van der Waals surface area (Å²) in [4.78, 5) is 34.1. The van der Waals surface area contributed by atoms with Crippen molar-refractivity contribution in [1.29, 1.82) is 0 Å². The van der Waals surface area contributed by atoms with Gasteiger partial charge in [0, 0.05) is 24.1 Å². The molecule has 0 bridgehead atoms. The zero-order chi connectivity index (χ0) is 26.4. The van der Waals surface area contributed by atoms with Crippen molar-refractivity contribution in [2.24, 2.45) is 4.99 Å². The Morgan fingerprint density at radius 1 is 1.16 bits per heavy atom. The minimum atomic E-state index is -0.121. The van der Waals surface area contributed by atoms with Crippen LogP contribution in [0.25, 0.3) is 6.08 Å². The molecule has 2 saturated heterocycles. The fourth-order valence-corrected chi connectivity index (χ4v) is 5.22. The van der Waals surface area contributed by atoms with Crippen LogP contribution < -0.4 is 9.47 Å². The topological polar surface area (TPSA) is 80.7 Å². The quantitative estimate of drug-likeness (QED) is 0.375. The molecule has 0 spiro atoms. The standard InChI is InChI=1S/C26H27BrClN3O5S/c1-3-31-25(33)23(37-26(31)29-18-6-7-19(27)20(28)15-18)14-17-5-8-21(22(13-17)35-4-2)36-16-24(32)30-9-11-34-12-10-30/h5-8,13-15H,3-4,9-12,16H2,1-2H3/b23-14-,29-26?. The normalized spacial score (nSPS) is 18.1. The monoisotopic (exact) mass is 607 g/mol. The molecule has 0 radical (unpaired) electrons. The van der Waals surface area contributed by atoms with Gasteiger partial charge in [-0.2, -0.15) is 0 Å². The number of carbonyl (C=O) groups is 2. The zero-order valence-corrected chi connectivity index (χ0v) is 23.7. The zero-order valence-electron chi connectivity index (χ0n) is 20.5. The van der Waals surface area contributed by atoms with Gasteiger partial charge in [-0.1, -0.05) is 17.7 Å². The molecular formula is C26H27BrClN3O5S. The van der Waals surface area contributed by atoms with Crippen LogP contribution in [0.1, 0.15) is 19.4 Å². The number of carbonyl (C=O) groups excluding carboxylic acids is 2. The molecule has 4 rings (SSSR count). The minimum Gasteiger partial charge on any atom is -0.490 e. The third-order valence-corrected chi connectivity index (χ3v) is 7.85. The van der Waals surface area contributed by atoms with Crippen molar-refractivity contribution >= 4 is 68.0 Å². The third-order valence-electron chi connectivity index (χ3n) is 5.61. The molecule has 0 unspecified atom stereocenters. The second-order valence-electron chi connectivity index (χ2n) is 8.07. The highest BCUT2D eigenvalue weighted by Crippen LogP contribution is 2.36. The molecule has 2 aromatic carbocycles. The van der Waals surface area contributed by atoms with Crippen molar-refractivity contribution < 1.29 is 23.8 Å². The minimum absolute atomic E-state index is 0.0831. The number of amides is 2. The van der Waals surface area contributed by atoms with Gasteiger partial charge >= 0.3 is 0 Å². The van der Waals surface area contributed by atoms with E-state index < -0.39 is 0 Å². The van der Waals surface area contributed by atoms with Crippen LogP contribution in [0, 0.1) is 0 Å². The van der Waals surface area contributed by atoms with Crippen LogP contribution in [-0.2, 0) is 14.3 Å². The molecule has 2 aromatic rings. The fourth-order valence-electron chi connectivity index (χ4n) is 3.73. The van der Waals surface area contributed by atoms with E-state index in [1.807, 2.05) is 32.0 Å². The van der Waals surface area contributed by atoms with Gasteiger partial charge in [0.25, 0.3) is 11.8 Å². The Morgan fingerprint density at radius 2 is 1.95 bits per heavy atom. The number of nitrogens with zero attached hydrogens (tertiary/aromatic N) is 3. The molecule has 37 heavy (non-hydrogen) atoms. The lowest BCUT2D eigenvalue weighted by Crippen LogP contribution is -2.43. The van der Waals surface area contributed by atoms with E-state index in [-0.39, 0.29) is 18.4 Å². The lowest BCUT2D eigenvalue weighted by atomic mass is 10.2. The smallest absolute Gasteiger partial charge is 0.266 e. The highest BCUT2D eigenvalue weighted by molar-refractivity contribution is 9.10. The Hall–Kier alpha value is -2.53. The van der Waals surface area contributed by atoms with E-state index in [1.54, 1.807) is 34.1 Å². The molecule has 0 aliphatic carbocycles. The summed E-state index contributed by atoms with van der Waals surface area (Å²) in [6, 6.07) is 10.8. The molecule has 2 aliphatic heterocycles. The molecule has 196 valence electrons. The average molecular weight is 609 g/mol. The van der Waals surface area contributed by atoms with Crippen LogP contribution in [0.5, 0.6) is 11.5 Å². The number of ether oxygens (including phenoxy) is 3. The van der Waals surface area contributed by atoms with Gasteiger partial charge in [0.05, 0.1) is 35.4 Å². The van der Waals surface area contributed by atoms with E-state index in [0.29, 0.717) is 71.7 Å². The Labute approximate surface area is 233 Å². The van der Waals surface area contributed by atoms with Crippen LogP contribution in [-0.4, -0.2) is 72.8 Å². The molecule has 2 fully saturated rings. The van der Waals surface area contributed by atoms with E-state index in [2.05, 4.69) is 20.9 Å². The Kier molecular flexibility index (Phi) is 9.53. The van der Waals surface area contributed by atoms with E-state index in [0.717, 1.165) is 10.0 Å². The van der Waals surface area contributed by atoms with Gasteiger partial charge in [-0.05, 0) is 83.5 Å². The number of benzene rings is 2. The summed E-state index contributed by atoms with van der Waals surface area (Å²) in [5.74, 6) is 0.765. The first kappa shape index (κ1) is 27.5. The summed E-state index contributed by atoms with van der Waals surface area (Å²) in [6.45, 7) is 6.81. The number of amidine groups is 1. The molecule has 0 N–H and O–H groups in total. The van der Waals surface area contributed by atoms with Gasteiger partial charge in [-0.3, -0.25) is 14.5 Å². The molecule has 2 aliphatic rings. The largest absolute Gasteiger partial charge is 0.490 e. The van der Waals surface area contributed by atoms with Crippen molar-refractivity contribution in [1.82, 2.24) is 9.80 Å². The summed E-state index contributed by atoms with van der Waals surface area (Å²) in [7, 11) is 0. The molecular weight excluding hydrogens is 582 g/mol. The molecule has 0 saturated carbocycles. The van der Waals surface area contributed by atoms with Crippen LogP contribution in [0.4, 0.5) is 5.69 Å². The molecule has 0 aromatic heterocycles. The summed E-state index contributed by atoms with van der Waals surface area (Å²) in [5.41, 5.74) is 1.44. The first-order chi connectivity index (χ1) is 17.9. The lowest BCUT2D eigenvalue weighted by Gasteiger charge is -2.26. The predicted molar refractivity (Wildman–Crippen MR) is 150 cm³/mol. The lowest BCUT2D eigenvalue weighted by molar-refractivity contribution is -0.137. The van der Waals surface area contributed by atoms with Crippen molar-refractivity contribution in [2.75, 3.05) is 46.1 Å². The van der Waals surface area contributed by atoms with E-state index >= 15 is 0 Å². The van der Waals surface area contributed by atoms with Gasteiger partial charge in [0.15, 0.2) is 23.3 Å². The van der Waals surface area contributed by atoms with Crippen LogP contribution >= 0.6 is 39.3 Å². The SMILES string of the molecule is CCOc1cc(/C=C2\SC(=Nc3ccc(Br)c(Cl)c3)N(CC)C2=O)ccc1OCC(=O)N1CCOCC1. The molecule has 0 atom stereocenters. The second kappa shape index (κ2) is 12.8. The Morgan fingerprint density at radius 3 is 2.65 bits per heavy atom. The number of halogens is 2. The van der Waals surface area contributed by atoms with Crippen LogP contribution in [0.3, 0.4) is 0 Å². The van der Waals surface area contributed by atoms with Crippen molar-refractivity contribution in [3.8, 4) is 11.5 Å². The molecule has 2 amide bonds. The van der Waals surface area contributed by atoms with E-state index in [9.17, 15) is 9.59 Å². The maximum Gasteiger partial charge on any atom is 0.266 e. The summed E-state index contributed by atoms with van der Waals surface area (Å²) in [5, 5.41) is 1.14. The maximum absolute atomic E-state index is 13.1. The molecule has 8 nitrogen and oxygen atoms in total. The second-order valence-corrected chi connectivity index (χ2v) is 10.3. The van der Waals surface area contributed by atoms with E-state index in [4.69, 9.17) is 25.8 Å². The number of rotatable bonds is 8. The number of aliphatic imine (C=N–C) groups is 1. The van der Waals surface area contributed by atoms with Crippen molar-refractivity contribution in [3.63, 3.8) is 0 Å². The van der Waals surface area contributed by atoms with E-state index in [1.165, 1.54) is 11.8 Å². The Balaban J connectivity index is 1.52. The third kappa shape index (κ3) is 6.87. The highest BCUT2D eigenvalue weighted by Gasteiger charge is 2.32. The summed E-state index contributed by atoms with van der Waals surface area (Å²) < 4.78 is 17.6. The number of likely N-dealkylation sites (N-methyl/N-ethyl adjacent to an activating group) is 1. The first-order valence-corrected chi connectivity index (χ1v) is 13.9. The summed E-state index contributed by atoms with van der Waals surface area (Å²) >= 11 is 10.9. The van der Waals surface area contributed by atoms with Crippen molar-refractivity contribution in [3.05, 3.63) is 56.4 Å². The molecule has 11 heteroatoms.